The number of hydrogen-bond acceptors (Lipinski definition) is 3. The van der Waals surface area contributed by atoms with Crippen LogP contribution in [0.4, 0.5) is 4.79 Å². The number of carbonyl (C=O) groups is 2. The SMILES string of the molecule is CN(CC1CC(O)C1)C(=O)N(CC(=O)O)C1CCCC1. The summed E-state index contributed by atoms with van der Waals surface area (Å²) in [6, 6.07) is -0.131. The Morgan fingerprint density at radius 1 is 1.20 bits per heavy atom. The summed E-state index contributed by atoms with van der Waals surface area (Å²) in [6.07, 6.45) is 5.16. The Kier molecular flexibility index (Phi) is 4.86. The lowest BCUT2D eigenvalue weighted by Crippen LogP contribution is -2.50. The molecule has 0 heterocycles. The monoisotopic (exact) mass is 284 g/mol. The van der Waals surface area contributed by atoms with Gasteiger partial charge in [0.25, 0.3) is 0 Å². The second-order valence-electron chi connectivity index (χ2n) is 6.11. The minimum atomic E-state index is -0.960. The van der Waals surface area contributed by atoms with E-state index in [2.05, 4.69) is 0 Å². The second-order valence-corrected chi connectivity index (χ2v) is 6.11. The number of carboxylic acid groups (broad SMARTS) is 1. The van der Waals surface area contributed by atoms with E-state index in [1.54, 1.807) is 11.9 Å². The topological polar surface area (TPSA) is 81.1 Å². The zero-order chi connectivity index (χ0) is 14.7. The molecule has 2 saturated carbocycles. The first-order valence-corrected chi connectivity index (χ1v) is 7.39. The van der Waals surface area contributed by atoms with Crippen molar-refractivity contribution in [3.63, 3.8) is 0 Å². The molecule has 0 aromatic carbocycles. The molecule has 2 N–H and O–H groups in total. The van der Waals surface area contributed by atoms with Gasteiger partial charge in [0, 0.05) is 19.6 Å². The molecule has 0 unspecified atom stereocenters. The summed E-state index contributed by atoms with van der Waals surface area (Å²) >= 11 is 0. The average molecular weight is 284 g/mol. The molecule has 2 aliphatic rings. The van der Waals surface area contributed by atoms with Gasteiger partial charge in [0.2, 0.25) is 0 Å². The number of amides is 2. The fourth-order valence-electron chi connectivity index (χ4n) is 3.25. The van der Waals surface area contributed by atoms with E-state index in [-0.39, 0.29) is 24.7 Å². The molecule has 6 heteroatoms. The number of hydrogen-bond donors (Lipinski definition) is 2. The van der Waals surface area contributed by atoms with Crippen LogP contribution in [0, 0.1) is 5.92 Å². The lowest BCUT2D eigenvalue weighted by atomic mass is 9.82. The van der Waals surface area contributed by atoms with Gasteiger partial charge in [0.05, 0.1) is 6.10 Å². The van der Waals surface area contributed by atoms with Crippen LogP contribution in [-0.4, -0.2) is 64.3 Å². The van der Waals surface area contributed by atoms with Crippen LogP contribution >= 0.6 is 0 Å². The van der Waals surface area contributed by atoms with Crippen molar-refractivity contribution in [1.29, 1.82) is 0 Å². The summed E-state index contributed by atoms with van der Waals surface area (Å²) < 4.78 is 0. The fourth-order valence-corrected chi connectivity index (χ4v) is 3.25. The van der Waals surface area contributed by atoms with Crippen molar-refractivity contribution in [3.8, 4) is 0 Å². The molecular weight excluding hydrogens is 260 g/mol. The number of rotatable bonds is 5. The summed E-state index contributed by atoms with van der Waals surface area (Å²) in [6.45, 7) is 0.375. The molecule has 2 amide bonds. The zero-order valence-corrected chi connectivity index (χ0v) is 12.0. The Labute approximate surface area is 119 Å². The number of urea groups is 1. The van der Waals surface area contributed by atoms with Crippen LogP contribution in [0.1, 0.15) is 38.5 Å². The summed E-state index contributed by atoms with van der Waals surface area (Å²) in [7, 11) is 1.72. The number of carboxylic acids is 1. The third kappa shape index (κ3) is 3.62. The van der Waals surface area contributed by atoms with Gasteiger partial charge in [-0.3, -0.25) is 4.79 Å². The maximum absolute atomic E-state index is 12.4. The molecule has 6 nitrogen and oxygen atoms in total. The molecule has 2 fully saturated rings. The van der Waals surface area contributed by atoms with E-state index >= 15 is 0 Å². The fraction of sp³-hybridized carbons (Fsp3) is 0.857. The highest BCUT2D eigenvalue weighted by Gasteiger charge is 2.33. The minimum absolute atomic E-state index is 0.0630. The van der Waals surface area contributed by atoms with E-state index < -0.39 is 5.97 Å². The van der Waals surface area contributed by atoms with Crippen LogP contribution in [0.3, 0.4) is 0 Å². The quantitative estimate of drug-likeness (QED) is 0.793. The molecule has 2 rings (SSSR count). The predicted octanol–water partition coefficient (Wildman–Crippen LogP) is 1.14. The zero-order valence-electron chi connectivity index (χ0n) is 12.0. The van der Waals surface area contributed by atoms with E-state index in [0.717, 1.165) is 38.5 Å². The number of aliphatic hydroxyl groups excluding tert-OH is 1. The molecule has 0 spiro atoms. The molecule has 0 radical (unpaired) electrons. The Morgan fingerprint density at radius 3 is 2.30 bits per heavy atom. The first kappa shape index (κ1) is 15.1. The standard InChI is InChI=1S/C14H24N2O4/c1-15(8-10-6-12(17)7-10)14(20)16(9-13(18)19)11-4-2-3-5-11/h10-12,17H,2-9H2,1H3,(H,18,19). The van der Waals surface area contributed by atoms with Crippen LogP contribution in [0.25, 0.3) is 0 Å². The highest BCUT2D eigenvalue weighted by Crippen LogP contribution is 2.29. The highest BCUT2D eigenvalue weighted by atomic mass is 16.4. The Bertz CT molecular complexity index is 362. The van der Waals surface area contributed by atoms with Crippen molar-refractivity contribution in [2.45, 2.75) is 50.7 Å². The molecule has 114 valence electrons. The van der Waals surface area contributed by atoms with Gasteiger partial charge in [-0.25, -0.2) is 4.79 Å². The highest BCUT2D eigenvalue weighted by molar-refractivity contribution is 5.80. The van der Waals surface area contributed by atoms with Gasteiger partial charge in [-0.2, -0.15) is 0 Å². The van der Waals surface area contributed by atoms with Gasteiger partial charge in [-0.15, -0.1) is 0 Å². The van der Waals surface area contributed by atoms with Crippen molar-refractivity contribution in [2.24, 2.45) is 5.92 Å². The maximum atomic E-state index is 12.4. The number of nitrogens with zero attached hydrogens (tertiary/aromatic N) is 2. The maximum Gasteiger partial charge on any atom is 0.323 e. The number of aliphatic carboxylic acids is 1. The average Bonchev–Trinajstić information content (AvgIpc) is 2.86. The summed E-state index contributed by atoms with van der Waals surface area (Å²) in [5, 5.41) is 18.3. The Hall–Kier alpha value is -1.30. The van der Waals surface area contributed by atoms with Crippen molar-refractivity contribution in [1.82, 2.24) is 9.80 Å². The molecular formula is C14H24N2O4. The van der Waals surface area contributed by atoms with Gasteiger partial charge >= 0.3 is 12.0 Å². The number of aliphatic hydroxyl groups is 1. The van der Waals surface area contributed by atoms with Gasteiger partial charge in [0.1, 0.15) is 6.54 Å². The third-order valence-corrected chi connectivity index (χ3v) is 4.39. The molecule has 2 aliphatic carbocycles. The largest absolute Gasteiger partial charge is 0.480 e. The first-order chi connectivity index (χ1) is 9.47. The van der Waals surface area contributed by atoms with E-state index in [1.807, 2.05) is 0 Å². The normalized spacial score (nSPS) is 26.1. The molecule has 0 saturated heterocycles. The summed E-state index contributed by atoms with van der Waals surface area (Å²) in [5.74, 6) is -0.619. The molecule has 20 heavy (non-hydrogen) atoms. The van der Waals surface area contributed by atoms with Crippen LogP contribution < -0.4 is 0 Å². The van der Waals surface area contributed by atoms with Crippen LogP contribution in [-0.2, 0) is 4.79 Å². The molecule has 0 aromatic heterocycles. The number of carbonyl (C=O) groups excluding carboxylic acids is 1. The van der Waals surface area contributed by atoms with E-state index in [1.165, 1.54) is 4.90 Å². The Balaban J connectivity index is 1.92. The Morgan fingerprint density at radius 2 is 1.80 bits per heavy atom. The minimum Gasteiger partial charge on any atom is -0.480 e. The smallest absolute Gasteiger partial charge is 0.323 e. The third-order valence-electron chi connectivity index (χ3n) is 4.39. The van der Waals surface area contributed by atoms with Crippen LogP contribution in [0.15, 0.2) is 0 Å². The van der Waals surface area contributed by atoms with Crippen molar-refractivity contribution in [3.05, 3.63) is 0 Å². The van der Waals surface area contributed by atoms with E-state index in [4.69, 9.17) is 5.11 Å². The van der Waals surface area contributed by atoms with Crippen LogP contribution in [0.2, 0.25) is 0 Å². The van der Waals surface area contributed by atoms with Crippen molar-refractivity contribution < 1.29 is 19.8 Å². The molecule has 0 bridgehead atoms. The van der Waals surface area contributed by atoms with Crippen molar-refractivity contribution >= 4 is 12.0 Å². The van der Waals surface area contributed by atoms with Crippen molar-refractivity contribution in [2.75, 3.05) is 20.1 Å². The molecule has 0 aliphatic heterocycles. The van der Waals surface area contributed by atoms with E-state index in [0.29, 0.717) is 12.5 Å². The summed E-state index contributed by atoms with van der Waals surface area (Å²) in [4.78, 5) is 26.5. The lowest BCUT2D eigenvalue weighted by Gasteiger charge is -2.37. The first-order valence-electron chi connectivity index (χ1n) is 7.39. The van der Waals surface area contributed by atoms with Gasteiger partial charge in [-0.1, -0.05) is 12.8 Å². The van der Waals surface area contributed by atoms with Gasteiger partial charge < -0.3 is 20.0 Å². The second kappa shape index (κ2) is 6.43. The lowest BCUT2D eigenvalue weighted by molar-refractivity contribution is -0.138. The van der Waals surface area contributed by atoms with Crippen LogP contribution in [0.5, 0.6) is 0 Å². The molecule has 0 aromatic rings. The van der Waals surface area contributed by atoms with Gasteiger partial charge in [0.15, 0.2) is 0 Å². The van der Waals surface area contributed by atoms with Gasteiger partial charge in [-0.05, 0) is 31.6 Å². The predicted molar refractivity (Wildman–Crippen MR) is 73.4 cm³/mol. The summed E-state index contributed by atoms with van der Waals surface area (Å²) in [5.41, 5.74) is 0. The molecule has 0 atom stereocenters. The van der Waals surface area contributed by atoms with E-state index in [9.17, 15) is 14.7 Å².